The summed E-state index contributed by atoms with van der Waals surface area (Å²) >= 11 is 0. The summed E-state index contributed by atoms with van der Waals surface area (Å²) in [5, 5.41) is 2.94. The molecular weight excluding hydrogens is 414 g/mol. The van der Waals surface area contributed by atoms with Crippen molar-refractivity contribution in [3.8, 4) is 0 Å². The van der Waals surface area contributed by atoms with Crippen molar-refractivity contribution < 1.29 is 17.7 Å². The van der Waals surface area contributed by atoms with Crippen molar-refractivity contribution in [2.45, 2.75) is 35.4 Å². The molecule has 2 fully saturated rings. The van der Waals surface area contributed by atoms with E-state index in [1.807, 2.05) is 60.7 Å². The van der Waals surface area contributed by atoms with Gasteiger partial charge in [0.05, 0.1) is 12.5 Å². The van der Waals surface area contributed by atoms with Crippen molar-refractivity contribution in [1.29, 1.82) is 0 Å². The van der Waals surface area contributed by atoms with Crippen LogP contribution in [0.5, 0.6) is 0 Å². The van der Waals surface area contributed by atoms with Gasteiger partial charge in [-0.2, -0.15) is 4.98 Å². The largest absolute Gasteiger partial charge is 0.342 e. The number of carbonyl (C=O) groups excluding carboxylic acids is 1. The first-order valence-corrected chi connectivity index (χ1v) is 11.6. The van der Waals surface area contributed by atoms with Crippen LogP contribution < -0.4 is 0 Å². The van der Waals surface area contributed by atoms with E-state index >= 15 is 0 Å². The zero-order chi connectivity index (χ0) is 21.6. The highest BCUT2D eigenvalue weighted by Crippen LogP contribution is 2.52. The van der Waals surface area contributed by atoms with Gasteiger partial charge in [-0.15, -0.1) is 0 Å². The maximum Gasteiger partial charge on any atom is 0.227 e. The van der Waals surface area contributed by atoms with Crippen LogP contribution in [0.15, 0.2) is 77.7 Å². The lowest BCUT2D eigenvalue weighted by molar-refractivity contribution is -0.144. The summed E-state index contributed by atoms with van der Waals surface area (Å²) < 4.78 is 30.7. The number of fused-ring (bicyclic) bond motifs is 1. The topological polar surface area (TPSA) is 93.4 Å². The Kier molecular flexibility index (Phi) is 4.55. The molecule has 0 saturated carbocycles. The van der Waals surface area contributed by atoms with Crippen LogP contribution in [0.25, 0.3) is 6.08 Å². The molecule has 31 heavy (non-hydrogen) atoms. The van der Waals surface area contributed by atoms with Gasteiger partial charge in [-0.05, 0) is 24.1 Å². The van der Waals surface area contributed by atoms with Crippen LogP contribution in [0.4, 0.5) is 0 Å². The van der Waals surface area contributed by atoms with E-state index in [0.717, 1.165) is 11.1 Å². The number of amides is 1. The van der Waals surface area contributed by atoms with Gasteiger partial charge in [-0.3, -0.25) is 4.79 Å². The Morgan fingerprint density at radius 2 is 1.71 bits per heavy atom. The first kappa shape index (κ1) is 19.7. The molecule has 0 N–H and O–H groups in total. The summed E-state index contributed by atoms with van der Waals surface area (Å²) in [4.78, 5) is 18.2. The molecule has 5 rings (SSSR count). The Hall–Kier alpha value is -3.26. The van der Waals surface area contributed by atoms with Crippen LogP contribution in [0, 0.1) is 0 Å². The Morgan fingerprint density at radius 1 is 1.10 bits per heavy atom. The average molecular weight is 436 g/mol. The molecule has 7 nitrogen and oxygen atoms in total. The van der Waals surface area contributed by atoms with Gasteiger partial charge in [0, 0.05) is 5.92 Å². The normalized spacial score (nSPS) is 26.9. The maximum absolute atomic E-state index is 13.6. The summed E-state index contributed by atoms with van der Waals surface area (Å²) in [7, 11) is -3.69. The number of β-lactam (4-membered cyclic amide) rings is 1. The van der Waals surface area contributed by atoms with Gasteiger partial charge >= 0.3 is 0 Å². The highest BCUT2D eigenvalue weighted by Gasteiger charge is 2.68. The number of hydrogen-bond acceptors (Lipinski definition) is 6. The predicted octanol–water partition coefficient (Wildman–Crippen LogP) is 3.03. The second kappa shape index (κ2) is 7.16. The molecule has 158 valence electrons. The number of sulfone groups is 1. The van der Waals surface area contributed by atoms with Crippen LogP contribution in [0.2, 0.25) is 0 Å². The Bertz CT molecular complexity index is 1190. The van der Waals surface area contributed by atoms with Crippen LogP contribution in [-0.2, 0) is 14.6 Å². The van der Waals surface area contributed by atoms with Gasteiger partial charge < -0.3 is 9.42 Å². The molecule has 3 heterocycles. The summed E-state index contributed by atoms with van der Waals surface area (Å²) in [5.74, 6) is -0.190. The third-order valence-electron chi connectivity index (χ3n) is 6.38. The Morgan fingerprint density at radius 3 is 2.23 bits per heavy atom. The zero-order valence-corrected chi connectivity index (χ0v) is 17.6. The lowest BCUT2D eigenvalue weighted by Gasteiger charge is -2.42. The van der Waals surface area contributed by atoms with Crippen LogP contribution in [0.3, 0.4) is 0 Å². The summed E-state index contributed by atoms with van der Waals surface area (Å²) in [6.45, 7) is 1.69. The highest BCUT2D eigenvalue weighted by molar-refractivity contribution is 7.94. The molecule has 3 atom stereocenters. The monoisotopic (exact) mass is 435 g/mol. The molecule has 1 aromatic heterocycles. The molecule has 8 heteroatoms. The molecule has 2 aliphatic heterocycles. The highest BCUT2D eigenvalue weighted by atomic mass is 32.2. The Balaban J connectivity index is 1.71. The molecule has 2 aliphatic rings. The number of hydrogen-bond donors (Lipinski definition) is 0. The van der Waals surface area contributed by atoms with Crippen molar-refractivity contribution in [3.63, 3.8) is 0 Å². The third kappa shape index (κ3) is 2.93. The van der Waals surface area contributed by atoms with E-state index in [2.05, 4.69) is 10.1 Å². The van der Waals surface area contributed by atoms with Gasteiger partial charge in [0.25, 0.3) is 0 Å². The quantitative estimate of drug-likeness (QED) is 0.572. The fourth-order valence-electron chi connectivity index (χ4n) is 4.79. The molecule has 0 spiro atoms. The predicted molar refractivity (Wildman–Crippen MR) is 114 cm³/mol. The molecular formula is C23H21N3O4S. The van der Waals surface area contributed by atoms with Crippen LogP contribution in [-0.4, -0.2) is 45.5 Å². The van der Waals surface area contributed by atoms with E-state index in [1.54, 1.807) is 24.0 Å². The minimum Gasteiger partial charge on any atom is -0.342 e. The Labute approximate surface area is 180 Å². The van der Waals surface area contributed by atoms with Gasteiger partial charge in [0.2, 0.25) is 12.3 Å². The molecule has 1 amide bonds. The number of aromatic nitrogens is 2. The van der Waals surface area contributed by atoms with Crippen molar-refractivity contribution in [3.05, 3.63) is 90.1 Å². The second-order valence-corrected chi connectivity index (χ2v) is 10.6. The molecule has 0 radical (unpaired) electrons. The molecule has 0 aliphatic carbocycles. The van der Waals surface area contributed by atoms with E-state index < -0.39 is 26.0 Å². The molecule has 2 aromatic carbocycles. The van der Waals surface area contributed by atoms with E-state index in [0.29, 0.717) is 0 Å². The van der Waals surface area contributed by atoms with Gasteiger partial charge in [-0.1, -0.05) is 71.9 Å². The molecule has 0 bridgehead atoms. The minimum absolute atomic E-state index is 0.0147. The minimum atomic E-state index is -3.69. The standard InChI is InChI=1S/C23H21N3O4S/c1-23(13-12-18-24-15-30-25-18)22(26-19(27)14-20(26)31(23,28)29)21(16-8-4-2-5-9-16)17-10-6-3-7-11-17/h2-13,15,20-22H,14H2,1H3/b13-12+/t20-,22+,23+/m1/s1. The van der Waals surface area contributed by atoms with E-state index in [-0.39, 0.29) is 24.1 Å². The molecule has 0 unspecified atom stereocenters. The maximum atomic E-state index is 13.6. The first-order valence-electron chi connectivity index (χ1n) is 10.0. The number of carbonyl (C=O) groups is 1. The third-order valence-corrected chi connectivity index (χ3v) is 9.09. The van der Waals surface area contributed by atoms with E-state index in [4.69, 9.17) is 4.52 Å². The van der Waals surface area contributed by atoms with Crippen LogP contribution >= 0.6 is 0 Å². The van der Waals surface area contributed by atoms with Crippen molar-refractivity contribution in [1.82, 2.24) is 15.0 Å². The number of benzene rings is 2. The van der Waals surface area contributed by atoms with E-state index in [9.17, 15) is 13.2 Å². The fraction of sp³-hybridized carbons (Fsp3) is 0.261. The number of rotatable bonds is 5. The second-order valence-electron chi connectivity index (χ2n) is 8.06. The van der Waals surface area contributed by atoms with Crippen molar-refractivity contribution in [2.24, 2.45) is 0 Å². The lowest BCUT2D eigenvalue weighted by Crippen LogP contribution is -2.56. The zero-order valence-electron chi connectivity index (χ0n) is 16.8. The molecule has 3 aromatic rings. The summed E-state index contributed by atoms with van der Waals surface area (Å²) in [6.07, 6.45) is 4.37. The first-order chi connectivity index (χ1) is 14.9. The van der Waals surface area contributed by atoms with Crippen LogP contribution in [0.1, 0.15) is 36.2 Å². The number of nitrogens with zero attached hydrogens (tertiary/aromatic N) is 3. The fourth-order valence-corrected chi connectivity index (χ4v) is 7.13. The summed E-state index contributed by atoms with van der Waals surface area (Å²) in [6, 6.07) is 18.8. The molecule has 2 saturated heterocycles. The smallest absolute Gasteiger partial charge is 0.227 e. The summed E-state index contributed by atoms with van der Waals surface area (Å²) in [5.41, 5.74) is 1.90. The van der Waals surface area contributed by atoms with Crippen molar-refractivity contribution >= 4 is 21.8 Å². The average Bonchev–Trinajstić information content (AvgIpc) is 3.34. The SMILES string of the molecule is C[C@]1(/C=C/c2ncon2)[C@H](C(c2ccccc2)c2ccccc2)N2C(=O)C[C@H]2S1(=O)=O. The van der Waals surface area contributed by atoms with Gasteiger partial charge in [0.1, 0.15) is 10.1 Å². The van der Waals surface area contributed by atoms with E-state index in [1.165, 1.54) is 6.39 Å². The lowest BCUT2D eigenvalue weighted by atomic mass is 9.77. The van der Waals surface area contributed by atoms with Gasteiger partial charge in [-0.25, -0.2) is 8.42 Å². The van der Waals surface area contributed by atoms with Crippen molar-refractivity contribution in [2.75, 3.05) is 0 Å². The van der Waals surface area contributed by atoms with Gasteiger partial charge in [0.15, 0.2) is 15.7 Å².